The van der Waals surface area contributed by atoms with Crippen molar-refractivity contribution in [3.8, 4) is 0 Å². The van der Waals surface area contributed by atoms with Gasteiger partial charge in [-0.25, -0.2) is 4.98 Å². The molecule has 2 aromatic heterocycles. The molecule has 1 atom stereocenters. The van der Waals surface area contributed by atoms with E-state index in [4.69, 9.17) is 9.40 Å². The van der Waals surface area contributed by atoms with Crippen molar-refractivity contribution < 1.29 is 28.7 Å². The van der Waals surface area contributed by atoms with Crippen molar-refractivity contribution in [1.29, 1.82) is 0 Å². The maximum absolute atomic E-state index is 13.9. The van der Waals surface area contributed by atoms with E-state index in [9.17, 15) is 24.3 Å². The van der Waals surface area contributed by atoms with Crippen LogP contribution in [0.3, 0.4) is 0 Å². The molecular formula is C33H47N3O6. The molecule has 3 heterocycles. The van der Waals surface area contributed by atoms with Gasteiger partial charge < -0.3 is 14.4 Å². The van der Waals surface area contributed by atoms with E-state index in [2.05, 4.69) is 40.7 Å². The summed E-state index contributed by atoms with van der Waals surface area (Å²) in [5, 5.41) is 9.52. The Hall–Kier alpha value is -3.23. The molecule has 42 heavy (non-hydrogen) atoms. The largest absolute Gasteiger partial charge is 0.481 e. The molecule has 2 aliphatic rings. The van der Waals surface area contributed by atoms with E-state index in [1.165, 1.54) is 4.90 Å². The van der Waals surface area contributed by atoms with Crippen molar-refractivity contribution in [3.63, 3.8) is 0 Å². The molecule has 3 amide bonds. The van der Waals surface area contributed by atoms with Crippen molar-refractivity contribution >= 4 is 34.8 Å². The van der Waals surface area contributed by atoms with E-state index < -0.39 is 35.1 Å². The number of rotatable bonds is 6. The number of aliphatic carboxylic acids is 1. The van der Waals surface area contributed by atoms with Crippen LogP contribution >= 0.6 is 0 Å². The number of piperazine rings is 1. The number of nitrogens with zero attached hydrogens (tertiary/aromatic N) is 3. The number of carboxylic acid groups (broad SMARTS) is 1. The van der Waals surface area contributed by atoms with Gasteiger partial charge >= 0.3 is 5.97 Å². The molecule has 1 saturated carbocycles. The summed E-state index contributed by atoms with van der Waals surface area (Å²) in [7, 11) is 0. The van der Waals surface area contributed by atoms with Crippen molar-refractivity contribution in [1.82, 2.24) is 14.8 Å². The number of furan rings is 1. The lowest BCUT2D eigenvalue weighted by Crippen LogP contribution is -2.65. The first kappa shape index (κ1) is 31.7. The summed E-state index contributed by atoms with van der Waals surface area (Å²) >= 11 is 0. The molecule has 0 bridgehead atoms. The van der Waals surface area contributed by atoms with E-state index in [0.717, 1.165) is 41.8 Å². The van der Waals surface area contributed by atoms with Crippen LogP contribution in [0.2, 0.25) is 0 Å². The highest BCUT2D eigenvalue weighted by molar-refractivity contribution is 6.05. The lowest BCUT2D eigenvalue weighted by molar-refractivity contribution is -0.159. The first-order valence-electron chi connectivity index (χ1n) is 15.2. The van der Waals surface area contributed by atoms with Gasteiger partial charge in [-0.05, 0) is 62.3 Å². The minimum Gasteiger partial charge on any atom is -0.481 e. The van der Waals surface area contributed by atoms with Gasteiger partial charge in [0.2, 0.25) is 5.91 Å². The second kappa shape index (κ2) is 11.1. The van der Waals surface area contributed by atoms with E-state index in [-0.39, 0.29) is 36.6 Å². The van der Waals surface area contributed by atoms with Crippen LogP contribution < -0.4 is 0 Å². The fourth-order valence-electron chi connectivity index (χ4n) is 6.27. The molecule has 1 aliphatic heterocycles. The summed E-state index contributed by atoms with van der Waals surface area (Å²) in [5.41, 5.74) is 2.01. The molecule has 1 saturated heterocycles. The summed E-state index contributed by atoms with van der Waals surface area (Å²) in [6, 6.07) is 3.82. The lowest BCUT2D eigenvalue weighted by Gasteiger charge is -2.44. The summed E-state index contributed by atoms with van der Waals surface area (Å²) in [4.78, 5) is 59.5. The molecule has 1 aliphatic carbocycles. The molecule has 4 rings (SSSR count). The van der Waals surface area contributed by atoms with Gasteiger partial charge in [0.05, 0.1) is 5.92 Å². The Bertz CT molecular complexity index is 1390. The number of hydrogen-bond acceptors (Lipinski definition) is 6. The molecule has 0 spiro atoms. The van der Waals surface area contributed by atoms with E-state index >= 15 is 0 Å². The number of pyridine rings is 1. The lowest BCUT2D eigenvalue weighted by atomic mass is 9.72. The second-order valence-corrected chi connectivity index (χ2v) is 14.9. The molecule has 1 N–H and O–H groups in total. The quantitative estimate of drug-likeness (QED) is 0.435. The van der Waals surface area contributed by atoms with E-state index in [0.29, 0.717) is 22.4 Å². The third-order valence-corrected chi connectivity index (χ3v) is 9.33. The van der Waals surface area contributed by atoms with E-state index in [1.807, 2.05) is 0 Å². The predicted molar refractivity (Wildman–Crippen MR) is 160 cm³/mol. The molecule has 0 aromatic carbocycles. The zero-order valence-electron chi connectivity index (χ0n) is 26.7. The van der Waals surface area contributed by atoms with Gasteiger partial charge in [-0.2, -0.15) is 0 Å². The van der Waals surface area contributed by atoms with Crippen LogP contribution in [0.4, 0.5) is 0 Å². The molecule has 2 fully saturated rings. The Kier molecular flexibility index (Phi) is 8.39. The number of amides is 3. The van der Waals surface area contributed by atoms with Gasteiger partial charge in [0.25, 0.3) is 11.8 Å². The summed E-state index contributed by atoms with van der Waals surface area (Å²) in [6.07, 6.45) is 4.16. The molecular weight excluding hydrogens is 534 g/mol. The van der Waals surface area contributed by atoms with Crippen LogP contribution in [-0.2, 0) is 19.8 Å². The molecule has 230 valence electrons. The van der Waals surface area contributed by atoms with Crippen molar-refractivity contribution in [2.75, 3.05) is 13.1 Å². The first-order chi connectivity index (χ1) is 19.3. The number of fused-ring (bicyclic) bond motifs is 1. The third-order valence-electron chi connectivity index (χ3n) is 9.33. The smallest absolute Gasteiger partial charge is 0.307 e. The Morgan fingerprint density at radius 1 is 1.07 bits per heavy atom. The highest BCUT2D eigenvalue weighted by atomic mass is 16.4. The topological polar surface area (TPSA) is 121 Å². The fourth-order valence-corrected chi connectivity index (χ4v) is 6.27. The van der Waals surface area contributed by atoms with Gasteiger partial charge in [0.1, 0.15) is 11.1 Å². The average molecular weight is 582 g/mol. The summed E-state index contributed by atoms with van der Waals surface area (Å²) in [6.45, 7) is 17.8. The first-order valence-corrected chi connectivity index (χ1v) is 15.2. The van der Waals surface area contributed by atoms with Crippen LogP contribution in [-0.4, -0.2) is 62.2 Å². The number of hydrogen-bond donors (Lipinski definition) is 1. The number of carbonyl (C=O) groups is 4. The zero-order chi connectivity index (χ0) is 31.4. The molecule has 9 heteroatoms. The van der Waals surface area contributed by atoms with Gasteiger partial charge in [0.15, 0.2) is 11.3 Å². The SMILES string of the molecule is CC(C)[C@H](CC(=O)N1CCN(C(=O)c2cc3nc(C4CCC(C)(C)CC4)cc(C(C)(C)C)c3o2)C(C)(C)C1=O)C(=O)O. The molecule has 2 aromatic rings. The van der Waals surface area contributed by atoms with Crippen molar-refractivity contribution in [2.45, 2.75) is 111 Å². The average Bonchev–Trinajstić information content (AvgIpc) is 3.31. The minimum atomic E-state index is -1.33. The highest BCUT2D eigenvalue weighted by Crippen LogP contribution is 2.43. The Morgan fingerprint density at radius 3 is 2.24 bits per heavy atom. The second-order valence-electron chi connectivity index (χ2n) is 14.9. The van der Waals surface area contributed by atoms with Gasteiger partial charge in [-0.1, -0.05) is 48.5 Å². The van der Waals surface area contributed by atoms with Gasteiger partial charge in [-0.15, -0.1) is 0 Å². The zero-order valence-corrected chi connectivity index (χ0v) is 26.7. The van der Waals surface area contributed by atoms with Crippen molar-refractivity contribution in [3.05, 3.63) is 29.2 Å². The number of aromatic nitrogens is 1. The van der Waals surface area contributed by atoms with Gasteiger partial charge in [0, 0.05) is 42.8 Å². The standard InChI is InChI=1S/C33H47N3O6/c1-19(2)21(29(39)40)16-26(37)35-14-15-36(33(8,9)30(35)41)28(38)25-18-24-27(42-25)22(31(3,4)5)17-23(34-24)20-10-12-32(6,7)13-11-20/h17-21H,10-16H2,1-9H3,(H,39,40)/t21-/m0/s1. The van der Waals surface area contributed by atoms with Crippen LogP contribution in [0.25, 0.3) is 11.1 Å². The maximum Gasteiger partial charge on any atom is 0.307 e. The maximum atomic E-state index is 13.9. The number of carboxylic acids is 1. The van der Waals surface area contributed by atoms with Crippen LogP contribution in [0.5, 0.6) is 0 Å². The van der Waals surface area contributed by atoms with Crippen LogP contribution in [0.1, 0.15) is 122 Å². The molecule has 0 unspecified atom stereocenters. The molecule has 0 radical (unpaired) electrons. The predicted octanol–water partition coefficient (Wildman–Crippen LogP) is 6.15. The minimum absolute atomic E-state index is 0.00876. The van der Waals surface area contributed by atoms with Crippen LogP contribution in [0, 0.1) is 17.3 Å². The Morgan fingerprint density at radius 2 is 1.69 bits per heavy atom. The normalized spacial score (nSPS) is 20.3. The summed E-state index contributed by atoms with van der Waals surface area (Å²) < 4.78 is 6.21. The van der Waals surface area contributed by atoms with Gasteiger partial charge in [-0.3, -0.25) is 24.1 Å². The fraction of sp³-hybridized carbons (Fsp3) is 0.667. The number of imide groups is 1. The van der Waals surface area contributed by atoms with Crippen LogP contribution in [0.15, 0.2) is 16.5 Å². The monoisotopic (exact) mass is 581 g/mol. The Labute approximate surface area is 249 Å². The third kappa shape index (κ3) is 6.11. The number of carbonyl (C=O) groups excluding carboxylic acids is 3. The van der Waals surface area contributed by atoms with E-state index in [1.54, 1.807) is 33.8 Å². The van der Waals surface area contributed by atoms with Crippen molar-refractivity contribution in [2.24, 2.45) is 17.3 Å². The molecule has 9 nitrogen and oxygen atoms in total. The highest BCUT2D eigenvalue weighted by Gasteiger charge is 2.47. The Balaban J connectivity index is 1.61. The summed E-state index contributed by atoms with van der Waals surface area (Å²) in [5.74, 6) is -3.27.